The van der Waals surface area contributed by atoms with Gasteiger partial charge < -0.3 is 5.73 Å². The molecule has 3 heteroatoms. The van der Waals surface area contributed by atoms with Crippen LogP contribution in [0, 0.1) is 0 Å². The molecular formula is C15H16ClNO. The molecule has 0 heterocycles. The Morgan fingerprint density at radius 2 is 1.44 bits per heavy atom. The maximum Gasteiger partial charge on any atom is 0.193 e. The second kappa shape index (κ2) is 6.94. The van der Waals surface area contributed by atoms with E-state index in [0.29, 0.717) is 6.54 Å². The zero-order valence-corrected chi connectivity index (χ0v) is 10.8. The minimum atomic E-state index is 0. The fraction of sp³-hybridized carbons (Fsp3) is 0.133. The van der Waals surface area contributed by atoms with Gasteiger partial charge in [0.25, 0.3) is 0 Å². The first-order valence-electron chi connectivity index (χ1n) is 5.70. The fourth-order valence-electron chi connectivity index (χ4n) is 1.75. The summed E-state index contributed by atoms with van der Waals surface area (Å²) in [7, 11) is 0. The minimum absolute atomic E-state index is 0. The van der Waals surface area contributed by atoms with Gasteiger partial charge >= 0.3 is 0 Å². The van der Waals surface area contributed by atoms with Crippen molar-refractivity contribution in [3.05, 3.63) is 71.3 Å². The van der Waals surface area contributed by atoms with Crippen LogP contribution in [-0.2, 0) is 6.42 Å². The zero-order valence-electron chi connectivity index (χ0n) is 10.0. The average molecular weight is 262 g/mol. The van der Waals surface area contributed by atoms with Crippen molar-refractivity contribution in [2.75, 3.05) is 6.54 Å². The van der Waals surface area contributed by atoms with Crippen molar-refractivity contribution < 1.29 is 4.79 Å². The number of carbonyl (C=O) groups is 1. The Bertz CT molecular complexity index is 494. The van der Waals surface area contributed by atoms with E-state index in [-0.39, 0.29) is 18.2 Å². The van der Waals surface area contributed by atoms with E-state index in [1.165, 1.54) is 0 Å². The summed E-state index contributed by atoms with van der Waals surface area (Å²) in [5, 5.41) is 0. The lowest BCUT2D eigenvalue weighted by atomic mass is 10.0. The van der Waals surface area contributed by atoms with Crippen LogP contribution in [0.5, 0.6) is 0 Å². The molecule has 2 aromatic carbocycles. The number of ketones is 1. The predicted molar refractivity (Wildman–Crippen MR) is 76.3 cm³/mol. The van der Waals surface area contributed by atoms with Crippen LogP contribution in [0.4, 0.5) is 0 Å². The van der Waals surface area contributed by atoms with E-state index in [1.54, 1.807) is 0 Å². The van der Waals surface area contributed by atoms with E-state index < -0.39 is 0 Å². The highest BCUT2D eigenvalue weighted by Gasteiger charge is 2.07. The standard InChI is InChI=1S/C15H15NO.ClH/c16-11-10-12-6-8-14(9-7-12)15(17)13-4-2-1-3-5-13;/h1-9H,10-11,16H2;1H. The zero-order chi connectivity index (χ0) is 12.1. The maximum atomic E-state index is 12.1. The third-order valence-corrected chi connectivity index (χ3v) is 2.69. The Morgan fingerprint density at radius 3 is 2.00 bits per heavy atom. The van der Waals surface area contributed by atoms with Crippen molar-refractivity contribution in [3.63, 3.8) is 0 Å². The highest BCUT2D eigenvalue weighted by molar-refractivity contribution is 6.08. The van der Waals surface area contributed by atoms with E-state index in [9.17, 15) is 4.79 Å². The molecule has 0 aliphatic rings. The van der Waals surface area contributed by atoms with Gasteiger partial charge in [0.1, 0.15) is 0 Å². The van der Waals surface area contributed by atoms with Gasteiger partial charge in [0.05, 0.1) is 0 Å². The number of rotatable bonds is 4. The summed E-state index contributed by atoms with van der Waals surface area (Å²) < 4.78 is 0. The highest BCUT2D eigenvalue weighted by atomic mass is 35.5. The van der Waals surface area contributed by atoms with Crippen molar-refractivity contribution >= 4 is 18.2 Å². The smallest absolute Gasteiger partial charge is 0.193 e. The molecule has 0 aliphatic carbocycles. The van der Waals surface area contributed by atoms with Crippen LogP contribution in [0.15, 0.2) is 54.6 Å². The summed E-state index contributed by atoms with van der Waals surface area (Å²) in [4.78, 5) is 12.1. The van der Waals surface area contributed by atoms with E-state index in [0.717, 1.165) is 23.1 Å². The maximum absolute atomic E-state index is 12.1. The molecule has 0 aliphatic heterocycles. The first-order chi connectivity index (χ1) is 8.31. The summed E-state index contributed by atoms with van der Waals surface area (Å²) in [5.74, 6) is 0.0601. The van der Waals surface area contributed by atoms with Crippen LogP contribution in [0.2, 0.25) is 0 Å². The van der Waals surface area contributed by atoms with Crippen molar-refractivity contribution in [3.8, 4) is 0 Å². The quantitative estimate of drug-likeness (QED) is 0.860. The molecule has 0 saturated heterocycles. The first-order valence-corrected chi connectivity index (χ1v) is 5.70. The van der Waals surface area contributed by atoms with Crippen molar-refractivity contribution in [1.82, 2.24) is 0 Å². The lowest BCUT2D eigenvalue weighted by molar-refractivity contribution is 0.103. The van der Waals surface area contributed by atoms with Crippen molar-refractivity contribution in [1.29, 1.82) is 0 Å². The van der Waals surface area contributed by atoms with Crippen LogP contribution < -0.4 is 5.73 Å². The van der Waals surface area contributed by atoms with Crippen molar-refractivity contribution in [2.45, 2.75) is 6.42 Å². The molecule has 2 N–H and O–H groups in total. The van der Waals surface area contributed by atoms with Crippen LogP contribution in [-0.4, -0.2) is 12.3 Å². The van der Waals surface area contributed by atoms with Crippen LogP contribution >= 0.6 is 12.4 Å². The molecule has 0 fully saturated rings. The van der Waals surface area contributed by atoms with E-state index in [4.69, 9.17) is 5.73 Å². The van der Waals surface area contributed by atoms with Gasteiger partial charge in [-0.25, -0.2) is 0 Å². The Kier molecular flexibility index (Phi) is 5.56. The number of halogens is 1. The highest BCUT2D eigenvalue weighted by Crippen LogP contribution is 2.11. The van der Waals surface area contributed by atoms with Crippen LogP contribution in [0.3, 0.4) is 0 Å². The molecule has 2 aromatic rings. The Balaban J connectivity index is 0.00000162. The van der Waals surface area contributed by atoms with Gasteiger partial charge in [0.2, 0.25) is 0 Å². The largest absolute Gasteiger partial charge is 0.330 e. The van der Waals surface area contributed by atoms with Gasteiger partial charge in [0, 0.05) is 11.1 Å². The summed E-state index contributed by atoms with van der Waals surface area (Å²) >= 11 is 0. The predicted octanol–water partition coefficient (Wildman–Crippen LogP) is 2.84. The number of hydrogen-bond donors (Lipinski definition) is 1. The van der Waals surface area contributed by atoms with Gasteiger partial charge in [0.15, 0.2) is 5.78 Å². The molecule has 18 heavy (non-hydrogen) atoms. The average Bonchev–Trinajstić information content (AvgIpc) is 2.40. The van der Waals surface area contributed by atoms with Crippen LogP contribution in [0.25, 0.3) is 0 Å². The molecule has 0 unspecified atom stereocenters. The molecule has 94 valence electrons. The molecule has 0 amide bonds. The van der Waals surface area contributed by atoms with Gasteiger partial charge in [-0.2, -0.15) is 0 Å². The number of nitrogens with two attached hydrogens (primary N) is 1. The molecule has 0 atom stereocenters. The second-order valence-electron chi connectivity index (χ2n) is 3.93. The SMILES string of the molecule is Cl.NCCc1ccc(C(=O)c2ccccc2)cc1. The third kappa shape index (κ3) is 3.42. The molecule has 2 rings (SSSR count). The van der Waals surface area contributed by atoms with E-state index >= 15 is 0 Å². The molecule has 0 saturated carbocycles. The molecular weight excluding hydrogens is 246 g/mol. The summed E-state index contributed by atoms with van der Waals surface area (Å²) in [5.41, 5.74) is 8.09. The number of benzene rings is 2. The Morgan fingerprint density at radius 1 is 0.889 bits per heavy atom. The second-order valence-corrected chi connectivity index (χ2v) is 3.93. The molecule has 0 spiro atoms. The lowest BCUT2D eigenvalue weighted by Gasteiger charge is -2.03. The molecule has 0 bridgehead atoms. The molecule has 0 radical (unpaired) electrons. The van der Waals surface area contributed by atoms with E-state index in [2.05, 4.69) is 0 Å². The summed E-state index contributed by atoms with van der Waals surface area (Å²) in [6, 6.07) is 17.0. The lowest BCUT2D eigenvalue weighted by Crippen LogP contribution is -2.04. The van der Waals surface area contributed by atoms with Crippen molar-refractivity contribution in [2.24, 2.45) is 5.73 Å². The minimum Gasteiger partial charge on any atom is -0.330 e. The van der Waals surface area contributed by atoms with Gasteiger partial charge in [-0.1, -0.05) is 54.6 Å². The number of carbonyl (C=O) groups excluding carboxylic acids is 1. The summed E-state index contributed by atoms with van der Waals surface area (Å²) in [6.45, 7) is 0.631. The molecule has 0 aromatic heterocycles. The van der Waals surface area contributed by atoms with E-state index in [1.807, 2.05) is 54.6 Å². The third-order valence-electron chi connectivity index (χ3n) is 2.69. The monoisotopic (exact) mass is 261 g/mol. The first kappa shape index (κ1) is 14.4. The number of hydrogen-bond acceptors (Lipinski definition) is 2. The van der Waals surface area contributed by atoms with Gasteiger partial charge in [-0.15, -0.1) is 12.4 Å². The fourth-order valence-corrected chi connectivity index (χ4v) is 1.75. The summed E-state index contributed by atoms with van der Waals surface area (Å²) in [6.07, 6.45) is 0.847. The molecule has 2 nitrogen and oxygen atoms in total. The topological polar surface area (TPSA) is 43.1 Å². The Labute approximate surface area is 113 Å². The van der Waals surface area contributed by atoms with Gasteiger partial charge in [-0.05, 0) is 18.5 Å². The normalized spacial score (nSPS) is 9.61. The van der Waals surface area contributed by atoms with Gasteiger partial charge in [-0.3, -0.25) is 4.79 Å². The van der Waals surface area contributed by atoms with Crippen LogP contribution in [0.1, 0.15) is 21.5 Å². The Hall–Kier alpha value is -1.64.